The van der Waals surface area contributed by atoms with Crippen LogP contribution in [0.25, 0.3) is 0 Å². The molecular formula is C11H10BrN3OS3. The number of halogens is 1. The van der Waals surface area contributed by atoms with Crippen molar-refractivity contribution >= 4 is 62.6 Å². The SMILES string of the molecule is CSc1nsc(SCC(=O)Nc2ccccc2Br)n1. The molecule has 0 spiro atoms. The molecule has 1 aromatic heterocycles. The second-order valence-corrected chi connectivity index (χ2v) is 6.97. The van der Waals surface area contributed by atoms with Crippen LogP contribution in [0.2, 0.25) is 0 Å². The Morgan fingerprint density at radius 2 is 2.26 bits per heavy atom. The third-order valence-corrected chi connectivity index (χ3v) is 5.23. The molecule has 0 aliphatic rings. The van der Waals surface area contributed by atoms with E-state index in [9.17, 15) is 4.79 Å². The van der Waals surface area contributed by atoms with Gasteiger partial charge in [0.25, 0.3) is 0 Å². The van der Waals surface area contributed by atoms with Crippen molar-refractivity contribution in [1.29, 1.82) is 0 Å². The van der Waals surface area contributed by atoms with Crippen LogP contribution in [0.3, 0.4) is 0 Å². The number of carbonyl (C=O) groups is 1. The number of benzene rings is 1. The van der Waals surface area contributed by atoms with Crippen LogP contribution in [-0.4, -0.2) is 27.3 Å². The molecular weight excluding hydrogens is 366 g/mol. The van der Waals surface area contributed by atoms with Gasteiger partial charge in [0, 0.05) is 4.47 Å². The van der Waals surface area contributed by atoms with Gasteiger partial charge in [-0.3, -0.25) is 4.79 Å². The summed E-state index contributed by atoms with van der Waals surface area (Å²) < 4.78 is 5.83. The largest absolute Gasteiger partial charge is 0.324 e. The zero-order valence-corrected chi connectivity index (χ0v) is 14.0. The van der Waals surface area contributed by atoms with Crippen molar-refractivity contribution < 1.29 is 4.79 Å². The lowest BCUT2D eigenvalue weighted by molar-refractivity contribution is -0.113. The maximum Gasteiger partial charge on any atom is 0.234 e. The van der Waals surface area contributed by atoms with E-state index in [-0.39, 0.29) is 5.91 Å². The Labute approximate surface area is 132 Å². The highest BCUT2D eigenvalue weighted by molar-refractivity contribution is 9.10. The van der Waals surface area contributed by atoms with Gasteiger partial charge in [-0.05, 0) is 45.9 Å². The second kappa shape index (κ2) is 7.28. The number of amides is 1. The summed E-state index contributed by atoms with van der Waals surface area (Å²) in [5.41, 5.74) is 0.773. The van der Waals surface area contributed by atoms with Crippen LogP contribution in [0.4, 0.5) is 5.69 Å². The average molecular weight is 376 g/mol. The minimum Gasteiger partial charge on any atom is -0.324 e. The van der Waals surface area contributed by atoms with E-state index < -0.39 is 0 Å². The topological polar surface area (TPSA) is 54.9 Å². The fourth-order valence-corrected chi connectivity index (χ4v) is 3.61. The normalized spacial score (nSPS) is 10.4. The first-order valence-electron chi connectivity index (χ1n) is 5.24. The van der Waals surface area contributed by atoms with Gasteiger partial charge in [-0.15, -0.1) is 0 Å². The third-order valence-electron chi connectivity index (χ3n) is 2.05. The molecule has 19 heavy (non-hydrogen) atoms. The number of hydrogen-bond acceptors (Lipinski definition) is 6. The van der Waals surface area contributed by atoms with Crippen molar-refractivity contribution in [2.45, 2.75) is 9.50 Å². The summed E-state index contributed by atoms with van der Waals surface area (Å²) in [4.78, 5) is 16.1. The van der Waals surface area contributed by atoms with Gasteiger partial charge in [-0.1, -0.05) is 35.7 Å². The molecule has 0 saturated carbocycles. The van der Waals surface area contributed by atoms with Gasteiger partial charge in [-0.25, -0.2) is 4.98 Å². The van der Waals surface area contributed by atoms with E-state index in [4.69, 9.17) is 0 Å². The summed E-state index contributed by atoms with van der Waals surface area (Å²) in [6, 6.07) is 7.52. The summed E-state index contributed by atoms with van der Waals surface area (Å²) in [5, 5.41) is 3.59. The summed E-state index contributed by atoms with van der Waals surface area (Å²) in [6.07, 6.45) is 1.93. The number of nitrogens with one attached hydrogen (secondary N) is 1. The summed E-state index contributed by atoms with van der Waals surface area (Å²) in [6.45, 7) is 0. The number of carbonyl (C=O) groups excluding carboxylic acids is 1. The third kappa shape index (κ3) is 4.48. The molecule has 4 nitrogen and oxygen atoms in total. The minimum absolute atomic E-state index is 0.0576. The van der Waals surface area contributed by atoms with Crippen molar-refractivity contribution in [2.75, 3.05) is 17.3 Å². The minimum atomic E-state index is -0.0576. The number of thioether (sulfide) groups is 2. The Hall–Kier alpha value is -0.570. The van der Waals surface area contributed by atoms with Crippen molar-refractivity contribution in [3.05, 3.63) is 28.7 Å². The molecule has 0 fully saturated rings. The Kier molecular flexibility index (Phi) is 5.68. The van der Waals surface area contributed by atoms with E-state index in [1.807, 2.05) is 30.5 Å². The van der Waals surface area contributed by atoms with Gasteiger partial charge >= 0.3 is 0 Å². The van der Waals surface area contributed by atoms with Gasteiger partial charge < -0.3 is 5.32 Å². The maximum absolute atomic E-state index is 11.8. The smallest absolute Gasteiger partial charge is 0.234 e. The van der Waals surface area contributed by atoms with E-state index in [0.29, 0.717) is 5.75 Å². The van der Waals surface area contributed by atoms with Crippen LogP contribution in [0.1, 0.15) is 0 Å². The van der Waals surface area contributed by atoms with Gasteiger partial charge in [0.2, 0.25) is 11.1 Å². The molecule has 0 atom stereocenters. The molecule has 1 N–H and O–H groups in total. The molecule has 0 bridgehead atoms. The summed E-state index contributed by atoms with van der Waals surface area (Å²) in [7, 11) is 0. The van der Waals surface area contributed by atoms with Gasteiger partial charge in [-0.2, -0.15) is 4.37 Å². The quantitative estimate of drug-likeness (QED) is 0.806. The number of hydrogen-bond donors (Lipinski definition) is 1. The molecule has 0 radical (unpaired) electrons. The Balaban J connectivity index is 1.86. The second-order valence-electron chi connectivity index (χ2n) is 3.36. The van der Waals surface area contributed by atoms with E-state index >= 15 is 0 Å². The lowest BCUT2D eigenvalue weighted by atomic mass is 10.3. The average Bonchev–Trinajstić information content (AvgIpc) is 2.87. The van der Waals surface area contributed by atoms with Crippen molar-refractivity contribution in [3.8, 4) is 0 Å². The highest BCUT2D eigenvalue weighted by Crippen LogP contribution is 2.25. The molecule has 1 aromatic carbocycles. The van der Waals surface area contributed by atoms with Crippen LogP contribution in [0, 0.1) is 0 Å². The monoisotopic (exact) mass is 375 g/mol. The molecule has 0 unspecified atom stereocenters. The van der Waals surface area contributed by atoms with Crippen LogP contribution in [-0.2, 0) is 4.79 Å². The van der Waals surface area contributed by atoms with E-state index in [1.165, 1.54) is 35.1 Å². The number of aromatic nitrogens is 2. The van der Waals surface area contributed by atoms with Gasteiger partial charge in [0.15, 0.2) is 4.34 Å². The fraction of sp³-hybridized carbons (Fsp3) is 0.182. The first-order chi connectivity index (χ1) is 9.19. The molecule has 1 heterocycles. The molecule has 100 valence electrons. The molecule has 2 aromatic rings. The molecule has 0 aliphatic carbocycles. The molecule has 2 rings (SSSR count). The zero-order valence-electron chi connectivity index (χ0n) is 9.92. The van der Waals surface area contributed by atoms with Crippen LogP contribution in [0.15, 0.2) is 38.2 Å². The maximum atomic E-state index is 11.8. The van der Waals surface area contributed by atoms with Crippen molar-refractivity contribution in [3.63, 3.8) is 0 Å². The van der Waals surface area contributed by atoms with Gasteiger partial charge in [0.1, 0.15) is 0 Å². The Morgan fingerprint density at radius 1 is 1.47 bits per heavy atom. The van der Waals surface area contributed by atoms with E-state index in [2.05, 4.69) is 30.6 Å². The lowest BCUT2D eigenvalue weighted by Gasteiger charge is -2.05. The van der Waals surface area contributed by atoms with Crippen LogP contribution >= 0.6 is 51.0 Å². The first kappa shape index (κ1) is 14.8. The molecule has 0 saturated heterocycles. The van der Waals surface area contributed by atoms with Gasteiger partial charge in [0.05, 0.1) is 11.4 Å². The predicted molar refractivity (Wildman–Crippen MR) is 85.2 cm³/mol. The standard InChI is InChI=1S/C11H10BrN3OS3/c1-17-10-14-11(19-15-10)18-6-9(16)13-8-5-3-2-4-7(8)12/h2-5H,6H2,1H3,(H,13,16). The van der Waals surface area contributed by atoms with E-state index in [1.54, 1.807) is 0 Å². The van der Waals surface area contributed by atoms with Crippen molar-refractivity contribution in [1.82, 2.24) is 9.36 Å². The van der Waals surface area contributed by atoms with Crippen LogP contribution in [0.5, 0.6) is 0 Å². The first-order valence-corrected chi connectivity index (χ1v) is 9.01. The molecule has 0 aliphatic heterocycles. The Morgan fingerprint density at radius 3 is 2.95 bits per heavy atom. The Bertz CT molecular complexity index is 576. The summed E-state index contributed by atoms with van der Waals surface area (Å²) >= 11 is 7.60. The predicted octanol–water partition coefficient (Wildman–Crippen LogP) is 3.75. The number of nitrogens with zero attached hydrogens (tertiary/aromatic N) is 2. The lowest BCUT2D eigenvalue weighted by Crippen LogP contribution is -2.14. The number of para-hydroxylation sites is 1. The van der Waals surface area contributed by atoms with Crippen LogP contribution < -0.4 is 5.32 Å². The summed E-state index contributed by atoms with van der Waals surface area (Å²) in [5.74, 6) is 0.266. The molecule has 1 amide bonds. The van der Waals surface area contributed by atoms with Crippen molar-refractivity contribution in [2.24, 2.45) is 0 Å². The fourth-order valence-electron chi connectivity index (χ4n) is 1.21. The van der Waals surface area contributed by atoms with E-state index in [0.717, 1.165) is 19.7 Å². The zero-order chi connectivity index (χ0) is 13.7. The number of anilines is 1. The highest BCUT2D eigenvalue weighted by Gasteiger charge is 2.09. The molecule has 8 heteroatoms. The number of rotatable bonds is 5. The highest BCUT2D eigenvalue weighted by atomic mass is 79.9.